The first-order valence-corrected chi connectivity index (χ1v) is 46.5. The molecule has 134 heavy (non-hydrogen) atoms. The van der Waals surface area contributed by atoms with Crippen molar-refractivity contribution in [2.24, 2.45) is 0 Å². The number of nitrogens with zero attached hydrogens (tertiary/aromatic N) is 4. The van der Waals surface area contributed by atoms with E-state index in [2.05, 4.69) is 528 Å². The second kappa shape index (κ2) is 30.6. The fourth-order valence-corrected chi connectivity index (χ4v) is 23.4. The predicted molar refractivity (Wildman–Crippen MR) is 562 cm³/mol. The van der Waals surface area contributed by atoms with Gasteiger partial charge in [-0.15, -0.1) is 0 Å². The van der Waals surface area contributed by atoms with Gasteiger partial charge in [0.25, 0.3) is 0 Å². The standard InChI is InChI=1S/2C65H42N2/c1-4-17-43(18-5-1)46-21-16-26-51(39-46)66-59-30-15-13-27-53(59)55-41-47(32-36-60(55)66)48-33-37-61-56(42-48)64-62(67(61)52-34-31-44-19-10-11-20-45(44)40-52)38-35-58-63(64)54-28-12-14-29-57(54)65(58,49-22-6-2-7-23-49)50-24-8-3-9-25-50;1-4-17-43(18-5-1)46-21-16-26-51(39-46)66-59-30-15-13-28-54(59)56-41-47(32-36-60(56)66)48-33-37-61-57(42-48)63-62(67(61)52-34-31-44-19-10-11-20-45(44)40-52)38-35-55-53-27-12-14-29-58(53)65(64(55)63,49-22-6-2-7-23-49)50-24-8-3-9-25-50/h2*1-42H. The predicted octanol–water partition coefficient (Wildman–Crippen LogP) is 33.5. The summed E-state index contributed by atoms with van der Waals surface area (Å²) in [4.78, 5) is 0. The number of para-hydroxylation sites is 2. The van der Waals surface area contributed by atoms with Crippen LogP contribution >= 0.6 is 0 Å². The maximum atomic E-state index is 2.51. The highest BCUT2D eigenvalue weighted by Crippen LogP contribution is 2.62. The summed E-state index contributed by atoms with van der Waals surface area (Å²) in [6.45, 7) is 0. The van der Waals surface area contributed by atoms with Crippen molar-refractivity contribution in [3.63, 3.8) is 0 Å². The SMILES string of the molecule is c1ccc(-c2cccc(-n3c4ccccc4c4cc(-c5ccc6c(c5)c5c7c(ccc5n6-c5ccc6ccccc6c5)-c5ccccc5C7(c5ccccc5)c5ccccc5)ccc43)c2)cc1.c1ccc(-c2cccc(-n3c4ccccc4c4cc(-c5ccc6c(c5)c5c7c(ccc5n6-c5ccc6ccccc6c5)C(c5ccccc5)(c5ccccc5)c5ccccc5-7)ccc43)c2)cc1. The van der Waals surface area contributed by atoms with Gasteiger partial charge in [0.2, 0.25) is 0 Å². The van der Waals surface area contributed by atoms with E-state index in [-0.39, 0.29) is 0 Å². The van der Waals surface area contributed by atoms with Crippen molar-refractivity contribution in [3.8, 4) is 89.5 Å². The van der Waals surface area contributed by atoms with Crippen molar-refractivity contribution < 1.29 is 0 Å². The molecule has 0 amide bonds. The average Bonchev–Trinajstić information content (AvgIpc) is 1.51. The molecule has 26 aromatic rings. The van der Waals surface area contributed by atoms with Crippen LogP contribution in [0.1, 0.15) is 44.5 Å². The first-order valence-electron chi connectivity index (χ1n) is 46.5. The Morgan fingerprint density at radius 3 is 0.948 bits per heavy atom. The molecule has 0 bridgehead atoms. The smallest absolute Gasteiger partial charge is 0.0720 e. The molecule has 2 aliphatic carbocycles. The van der Waals surface area contributed by atoms with Crippen LogP contribution in [-0.2, 0) is 10.8 Å². The van der Waals surface area contributed by atoms with E-state index in [0.717, 1.165) is 22.7 Å². The van der Waals surface area contributed by atoms with E-state index < -0.39 is 10.8 Å². The molecule has 0 radical (unpaired) electrons. The van der Waals surface area contributed by atoms with Crippen molar-refractivity contribution >= 4 is 109 Å². The highest BCUT2D eigenvalue weighted by Gasteiger charge is 2.49. The molecular weight excluding hydrogens is 1620 g/mol. The van der Waals surface area contributed by atoms with E-state index >= 15 is 0 Å². The van der Waals surface area contributed by atoms with Gasteiger partial charge in [0.1, 0.15) is 0 Å². The highest BCUT2D eigenvalue weighted by molar-refractivity contribution is 6.21. The third-order valence-electron chi connectivity index (χ3n) is 29.1. The summed E-state index contributed by atoms with van der Waals surface area (Å²) in [5.41, 5.74) is 38.2. The molecule has 0 spiro atoms. The zero-order chi connectivity index (χ0) is 88.1. The zero-order valence-electron chi connectivity index (χ0n) is 73.3. The maximum absolute atomic E-state index is 2.51. The number of hydrogen-bond donors (Lipinski definition) is 0. The van der Waals surface area contributed by atoms with Gasteiger partial charge in [-0.2, -0.15) is 0 Å². The number of benzene rings is 22. The van der Waals surface area contributed by atoms with Crippen LogP contribution in [-0.4, -0.2) is 18.3 Å². The molecule has 0 saturated carbocycles. The Hall–Kier alpha value is -17.4. The quantitative estimate of drug-likeness (QED) is 0.116. The minimum absolute atomic E-state index is 0.502. The number of aromatic nitrogens is 4. The number of hydrogen-bond acceptors (Lipinski definition) is 0. The van der Waals surface area contributed by atoms with Crippen LogP contribution in [0.2, 0.25) is 0 Å². The van der Waals surface area contributed by atoms with Crippen LogP contribution < -0.4 is 0 Å². The highest BCUT2D eigenvalue weighted by atomic mass is 15.0. The molecule has 22 aromatic carbocycles. The van der Waals surface area contributed by atoms with Gasteiger partial charge < -0.3 is 18.3 Å². The summed E-state index contributed by atoms with van der Waals surface area (Å²) in [5.74, 6) is 0. The Bertz CT molecular complexity index is 9160. The Morgan fingerprint density at radius 1 is 0.149 bits per heavy atom. The van der Waals surface area contributed by atoms with Gasteiger partial charge in [-0.25, -0.2) is 0 Å². The normalized spacial score (nSPS) is 12.9. The van der Waals surface area contributed by atoms with Crippen LogP contribution in [0, 0.1) is 0 Å². The molecule has 0 fully saturated rings. The Morgan fingerprint density at radius 2 is 0.470 bits per heavy atom. The van der Waals surface area contributed by atoms with Gasteiger partial charge in [0.15, 0.2) is 0 Å². The second-order valence-electron chi connectivity index (χ2n) is 36.0. The Kier molecular flexibility index (Phi) is 17.5. The van der Waals surface area contributed by atoms with Crippen LogP contribution in [0.15, 0.2) is 510 Å². The molecule has 28 rings (SSSR count). The molecule has 0 saturated heterocycles. The lowest BCUT2D eigenvalue weighted by Gasteiger charge is -2.34. The topological polar surface area (TPSA) is 19.7 Å². The summed E-state index contributed by atoms with van der Waals surface area (Å²) in [6, 6.07) is 189. The molecule has 0 atom stereocenters. The summed E-state index contributed by atoms with van der Waals surface area (Å²) in [7, 11) is 0. The van der Waals surface area contributed by atoms with Crippen molar-refractivity contribution in [1.82, 2.24) is 18.3 Å². The van der Waals surface area contributed by atoms with E-state index in [9.17, 15) is 0 Å². The fraction of sp³-hybridized carbons (Fsp3) is 0.0154. The monoisotopic (exact) mass is 1700 g/mol. The lowest BCUT2D eigenvalue weighted by molar-refractivity contribution is 0.769. The zero-order valence-corrected chi connectivity index (χ0v) is 73.3. The van der Waals surface area contributed by atoms with Gasteiger partial charge in [-0.05, 0) is 254 Å². The molecule has 0 aliphatic heterocycles. The van der Waals surface area contributed by atoms with E-state index in [1.807, 2.05) is 0 Å². The molecule has 4 heterocycles. The van der Waals surface area contributed by atoms with Gasteiger partial charge in [-0.1, -0.05) is 388 Å². The Labute approximate surface area is 776 Å². The average molecular weight is 1700 g/mol. The molecule has 4 aromatic heterocycles. The minimum atomic E-state index is -0.564. The van der Waals surface area contributed by atoms with Crippen molar-refractivity contribution in [1.29, 1.82) is 0 Å². The van der Waals surface area contributed by atoms with E-state index in [4.69, 9.17) is 0 Å². The van der Waals surface area contributed by atoms with Crippen molar-refractivity contribution in [2.45, 2.75) is 10.8 Å². The van der Waals surface area contributed by atoms with E-state index in [1.165, 1.54) is 220 Å². The summed E-state index contributed by atoms with van der Waals surface area (Å²) >= 11 is 0. The van der Waals surface area contributed by atoms with Crippen LogP contribution in [0.4, 0.5) is 0 Å². The Balaban J connectivity index is 0.000000136. The third-order valence-corrected chi connectivity index (χ3v) is 29.1. The molecule has 0 N–H and O–H groups in total. The van der Waals surface area contributed by atoms with Crippen LogP contribution in [0.3, 0.4) is 0 Å². The first-order chi connectivity index (χ1) is 66.5. The second-order valence-corrected chi connectivity index (χ2v) is 36.0. The summed E-state index contributed by atoms with van der Waals surface area (Å²) in [5, 5.41) is 14.9. The molecule has 624 valence electrons. The summed E-state index contributed by atoms with van der Waals surface area (Å²) < 4.78 is 9.85. The lowest BCUT2D eigenvalue weighted by atomic mass is 9.67. The van der Waals surface area contributed by atoms with Gasteiger partial charge in [0, 0.05) is 65.8 Å². The van der Waals surface area contributed by atoms with Crippen LogP contribution in [0.25, 0.3) is 198 Å². The first kappa shape index (κ1) is 76.6. The van der Waals surface area contributed by atoms with Crippen molar-refractivity contribution in [3.05, 3.63) is 554 Å². The molecular formula is C130H84N4. The largest absolute Gasteiger partial charge is 0.309 e. The molecule has 4 heteroatoms. The maximum Gasteiger partial charge on any atom is 0.0720 e. The molecule has 2 aliphatic rings. The third kappa shape index (κ3) is 11.6. The molecule has 4 nitrogen and oxygen atoms in total. The number of rotatable bonds is 12. The molecule has 0 unspecified atom stereocenters. The van der Waals surface area contributed by atoms with Gasteiger partial charge in [-0.3, -0.25) is 0 Å². The minimum Gasteiger partial charge on any atom is -0.309 e. The van der Waals surface area contributed by atoms with E-state index in [1.54, 1.807) is 0 Å². The fourth-order valence-electron chi connectivity index (χ4n) is 23.4. The lowest BCUT2D eigenvalue weighted by Crippen LogP contribution is -2.28. The van der Waals surface area contributed by atoms with Crippen LogP contribution in [0.5, 0.6) is 0 Å². The van der Waals surface area contributed by atoms with Gasteiger partial charge in [0.05, 0.1) is 55.0 Å². The number of fused-ring (bicyclic) bond motifs is 22. The summed E-state index contributed by atoms with van der Waals surface area (Å²) in [6.07, 6.45) is 0. The van der Waals surface area contributed by atoms with E-state index in [0.29, 0.717) is 0 Å². The van der Waals surface area contributed by atoms with Crippen molar-refractivity contribution in [2.75, 3.05) is 0 Å². The van der Waals surface area contributed by atoms with Gasteiger partial charge >= 0.3 is 0 Å².